The summed E-state index contributed by atoms with van der Waals surface area (Å²) in [5, 5.41) is 3.75. The van der Waals surface area contributed by atoms with Gasteiger partial charge in [0, 0.05) is 53.6 Å². The highest BCUT2D eigenvalue weighted by atomic mass is 32.2. The fourth-order valence-corrected chi connectivity index (χ4v) is 6.31. The number of hydrogen-bond acceptors (Lipinski definition) is 4. The van der Waals surface area contributed by atoms with E-state index in [1.165, 1.54) is 29.8 Å². The van der Waals surface area contributed by atoms with Crippen LogP contribution in [0.5, 0.6) is 0 Å². The van der Waals surface area contributed by atoms with Crippen molar-refractivity contribution in [1.82, 2.24) is 10.3 Å². The lowest BCUT2D eigenvalue weighted by molar-refractivity contribution is -0.437. The summed E-state index contributed by atoms with van der Waals surface area (Å²) >= 11 is 6.40. The van der Waals surface area contributed by atoms with Crippen LogP contribution in [0.1, 0.15) is 119 Å². The SMILES string of the molecule is C=C/C=C(\C=C)C(C)(C)\C(=C/C=C(/C=C/C1=[N+](CCCS)c2ccccc2C1(C)C)c1ccc(C(=C)C)cn1)NCCCSC.CC.CCC.CCC. The second-order valence-corrected chi connectivity index (χ2v) is 15.3. The van der Waals surface area contributed by atoms with Crippen LogP contribution >= 0.6 is 24.4 Å². The second kappa shape index (κ2) is 27.3. The summed E-state index contributed by atoms with van der Waals surface area (Å²) in [5.74, 6) is 1.96. The molecule has 1 N–H and O–H groups in total. The van der Waals surface area contributed by atoms with E-state index in [2.05, 4.69) is 165 Å². The molecule has 5 heteroatoms. The Morgan fingerprint density at radius 3 is 2.15 bits per heavy atom. The number of nitrogens with one attached hydrogen (secondary N) is 1. The highest BCUT2D eigenvalue weighted by Crippen LogP contribution is 2.40. The van der Waals surface area contributed by atoms with Crippen molar-refractivity contribution in [3.05, 3.63) is 133 Å². The van der Waals surface area contributed by atoms with E-state index in [1.807, 2.05) is 57.0 Å². The molecule has 53 heavy (non-hydrogen) atoms. The largest absolute Gasteiger partial charge is 0.388 e. The van der Waals surface area contributed by atoms with E-state index in [4.69, 9.17) is 4.98 Å². The number of fused-ring (bicyclic) bond motifs is 1. The predicted octanol–water partition coefficient (Wildman–Crippen LogP) is 13.9. The zero-order valence-corrected chi connectivity index (χ0v) is 37.3. The van der Waals surface area contributed by atoms with Crippen molar-refractivity contribution in [2.45, 2.75) is 107 Å². The zero-order chi connectivity index (χ0) is 40.5. The molecule has 1 aromatic carbocycles. The summed E-state index contributed by atoms with van der Waals surface area (Å²) in [7, 11) is 0. The van der Waals surface area contributed by atoms with Gasteiger partial charge in [-0.3, -0.25) is 4.98 Å². The molecule has 0 fully saturated rings. The molecule has 0 radical (unpaired) electrons. The van der Waals surface area contributed by atoms with Crippen molar-refractivity contribution >= 4 is 46.9 Å². The topological polar surface area (TPSA) is 27.9 Å². The van der Waals surface area contributed by atoms with Crippen LogP contribution in [0.3, 0.4) is 0 Å². The van der Waals surface area contributed by atoms with Crippen LogP contribution < -0.4 is 5.32 Å². The van der Waals surface area contributed by atoms with Gasteiger partial charge in [0.1, 0.15) is 6.54 Å². The first-order chi connectivity index (χ1) is 25.3. The van der Waals surface area contributed by atoms with Crippen LogP contribution in [0.25, 0.3) is 11.1 Å². The molecule has 0 saturated carbocycles. The summed E-state index contributed by atoms with van der Waals surface area (Å²) < 4.78 is 2.46. The molecule has 3 rings (SSSR count). The van der Waals surface area contributed by atoms with Crippen LogP contribution in [0.15, 0.2) is 116 Å². The van der Waals surface area contributed by atoms with Gasteiger partial charge >= 0.3 is 0 Å². The van der Waals surface area contributed by atoms with Crippen LogP contribution in [-0.2, 0) is 5.41 Å². The van der Waals surface area contributed by atoms with E-state index >= 15 is 0 Å². The van der Waals surface area contributed by atoms with Gasteiger partial charge in [0.05, 0.1) is 11.1 Å². The Hall–Kier alpha value is -3.28. The van der Waals surface area contributed by atoms with E-state index in [1.54, 1.807) is 0 Å². The number of thiol groups is 1. The van der Waals surface area contributed by atoms with Crippen LogP contribution in [-0.4, -0.2) is 46.1 Å². The minimum Gasteiger partial charge on any atom is -0.388 e. The normalized spacial score (nSPS) is 13.9. The van der Waals surface area contributed by atoms with Gasteiger partial charge in [0.25, 0.3) is 0 Å². The minimum absolute atomic E-state index is 0.137. The van der Waals surface area contributed by atoms with E-state index in [9.17, 15) is 0 Å². The predicted molar refractivity (Wildman–Crippen MR) is 248 cm³/mol. The highest BCUT2D eigenvalue weighted by molar-refractivity contribution is 7.98. The molecule has 3 nitrogen and oxygen atoms in total. The summed E-state index contributed by atoms with van der Waals surface area (Å²) in [6.45, 7) is 37.6. The van der Waals surface area contributed by atoms with Crippen LogP contribution in [0, 0.1) is 5.41 Å². The monoisotopic (exact) mass is 757 g/mol. The van der Waals surface area contributed by atoms with Gasteiger partial charge in [-0.25, -0.2) is 0 Å². The molecule has 1 aliphatic rings. The maximum atomic E-state index is 4.89. The van der Waals surface area contributed by atoms with E-state index < -0.39 is 0 Å². The first kappa shape index (κ1) is 49.7. The number of hydrogen-bond donors (Lipinski definition) is 2. The van der Waals surface area contributed by atoms with Crippen molar-refractivity contribution in [2.75, 3.05) is 30.9 Å². The van der Waals surface area contributed by atoms with E-state index in [0.717, 1.165) is 71.1 Å². The third kappa shape index (κ3) is 15.5. The number of rotatable bonds is 17. The molecule has 0 bridgehead atoms. The Kier molecular flexibility index (Phi) is 25.6. The number of thioether (sulfide) groups is 1. The standard InChI is InChI=1S/C40H51N3S2.2C3H8.C2H6/c1-10-16-33(11-2)39(5,6)37(41-25-14-28-45-9)23-20-31(35-22-19-32(29-42-35)30(3)4)21-24-38-40(7,8)34-17-12-13-18-36(34)43(38)26-15-27-44;2*1-3-2;1-2/h10-13,16-24,29,44H,1-3,14-15,25-28H2,4-9H3;2*3H2,1-2H3;1-2H3/p+1/b33-16+;;;. The number of allylic oxidation sites excluding steroid dienone is 10. The first-order valence-electron chi connectivity index (χ1n) is 19.6. The Bertz CT molecular complexity index is 1550. The Labute approximate surface area is 336 Å². The molecular formula is C48H74N3S2+. The fourth-order valence-electron chi connectivity index (χ4n) is 5.74. The average molecular weight is 757 g/mol. The maximum Gasteiger partial charge on any atom is 0.209 e. The van der Waals surface area contributed by atoms with Gasteiger partial charge < -0.3 is 5.32 Å². The summed E-state index contributed by atoms with van der Waals surface area (Å²) in [4.78, 5) is 4.89. The van der Waals surface area contributed by atoms with Crippen LogP contribution in [0.2, 0.25) is 0 Å². The molecule has 1 aromatic heterocycles. The van der Waals surface area contributed by atoms with Gasteiger partial charge in [-0.05, 0) is 79.9 Å². The maximum absolute atomic E-state index is 4.89. The number of benzene rings is 1. The molecular weight excluding hydrogens is 683 g/mol. The molecule has 2 aromatic rings. The Morgan fingerprint density at radius 1 is 0.981 bits per heavy atom. The van der Waals surface area contributed by atoms with Gasteiger partial charge in [-0.2, -0.15) is 29.0 Å². The molecule has 0 saturated heterocycles. The Balaban J connectivity index is 0.00000311. The van der Waals surface area contributed by atoms with Crippen LogP contribution in [0.4, 0.5) is 5.69 Å². The quantitative estimate of drug-likeness (QED) is 0.0729. The lowest BCUT2D eigenvalue weighted by Gasteiger charge is -2.30. The lowest BCUT2D eigenvalue weighted by atomic mass is 9.80. The minimum atomic E-state index is -0.300. The lowest BCUT2D eigenvalue weighted by Crippen LogP contribution is -2.29. The third-order valence-electron chi connectivity index (χ3n) is 8.49. The van der Waals surface area contributed by atoms with Crippen molar-refractivity contribution in [3.63, 3.8) is 0 Å². The van der Waals surface area contributed by atoms with Gasteiger partial charge in [-0.1, -0.05) is 137 Å². The second-order valence-electron chi connectivity index (χ2n) is 13.9. The summed E-state index contributed by atoms with van der Waals surface area (Å²) in [5.41, 5.74) is 9.68. The third-order valence-corrected chi connectivity index (χ3v) is 9.51. The number of nitrogens with zero attached hydrogens (tertiary/aromatic N) is 2. The molecule has 0 atom stereocenters. The fraction of sp³-hybridized carbons (Fsp3) is 0.458. The number of para-hydroxylation sites is 1. The molecule has 0 amide bonds. The van der Waals surface area contributed by atoms with Crippen molar-refractivity contribution in [2.24, 2.45) is 5.41 Å². The van der Waals surface area contributed by atoms with Gasteiger partial charge in [-0.15, -0.1) is 0 Å². The molecule has 1 aliphatic heterocycles. The number of aromatic nitrogens is 1. The summed E-state index contributed by atoms with van der Waals surface area (Å²) in [6, 6.07) is 13.0. The van der Waals surface area contributed by atoms with Crippen molar-refractivity contribution in [1.29, 1.82) is 0 Å². The zero-order valence-electron chi connectivity index (χ0n) is 35.6. The smallest absolute Gasteiger partial charge is 0.209 e. The van der Waals surface area contributed by atoms with Gasteiger partial charge in [0.15, 0.2) is 5.71 Å². The molecule has 292 valence electrons. The first-order valence-corrected chi connectivity index (χ1v) is 21.6. The van der Waals surface area contributed by atoms with Crippen molar-refractivity contribution < 1.29 is 4.58 Å². The van der Waals surface area contributed by atoms with E-state index in [0.29, 0.717) is 0 Å². The highest BCUT2D eigenvalue weighted by Gasteiger charge is 2.43. The molecule has 0 aliphatic carbocycles. The molecule has 0 unspecified atom stereocenters. The molecule has 2 heterocycles. The average Bonchev–Trinajstić information content (AvgIpc) is 3.36. The number of pyridine rings is 1. The summed E-state index contributed by atoms with van der Waals surface area (Å²) in [6.07, 6.45) is 23.4. The van der Waals surface area contributed by atoms with Gasteiger partial charge in [0.2, 0.25) is 5.69 Å². The Morgan fingerprint density at radius 2 is 1.62 bits per heavy atom. The molecule has 0 spiro atoms. The van der Waals surface area contributed by atoms with E-state index in [-0.39, 0.29) is 10.8 Å². The van der Waals surface area contributed by atoms with Crippen molar-refractivity contribution in [3.8, 4) is 0 Å².